The van der Waals surface area contributed by atoms with Crippen molar-refractivity contribution in [2.75, 3.05) is 5.32 Å². The zero-order chi connectivity index (χ0) is 18.4. The van der Waals surface area contributed by atoms with E-state index >= 15 is 0 Å². The molecule has 3 N–H and O–H groups in total. The zero-order valence-corrected chi connectivity index (χ0v) is 14.8. The summed E-state index contributed by atoms with van der Waals surface area (Å²) in [5.74, 6) is 0.610. The van der Waals surface area contributed by atoms with Crippen LogP contribution in [-0.2, 0) is 11.2 Å². The number of urea groups is 1. The standard InChI is InChI=1S/C19H24N4O3/c1-13-11-17(23-26-13)22-18(24)16(12-14-7-3-2-4-8-14)21-19(25)20-15-9-5-6-10-15/h2-4,7-8,11,15-16H,5-6,9-10,12H2,1H3,(H2,20,21,25)(H,22,23,24). The van der Waals surface area contributed by atoms with E-state index in [1.807, 2.05) is 30.3 Å². The summed E-state index contributed by atoms with van der Waals surface area (Å²) in [5.41, 5.74) is 0.963. The fraction of sp³-hybridized carbons (Fsp3) is 0.421. The molecule has 0 spiro atoms. The van der Waals surface area contributed by atoms with Crippen LogP contribution >= 0.6 is 0 Å². The fourth-order valence-electron chi connectivity index (χ4n) is 3.15. The highest BCUT2D eigenvalue weighted by Gasteiger charge is 2.24. The first-order valence-corrected chi connectivity index (χ1v) is 8.95. The van der Waals surface area contributed by atoms with Crippen LogP contribution < -0.4 is 16.0 Å². The number of carbonyl (C=O) groups excluding carboxylic acids is 2. The van der Waals surface area contributed by atoms with Crippen molar-refractivity contribution in [3.8, 4) is 0 Å². The first-order chi connectivity index (χ1) is 12.6. The molecule has 0 radical (unpaired) electrons. The predicted molar refractivity (Wildman–Crippen MR) is 97.7 cm³/mol. The lowest BCUT2D eigenvalue weighted by molar-refractivity contribution is -0.118. The van der Waals surface area contributed by atoms with Crippen molar-refractivity contribution in [3.63, 3.8) is 0 Å². The number of nitrogens with zero attached hydrogens (tertiary/aromatic N) is 1. The topological polar surface area (TPSA) is 96.3 Å². The fourth-order valence-corrected chi connectivity index (χ4v) is 3.15. The SMILES string of the molecule is Cc1cc(NC(=O)C(Cc2ccccc2)NC(=O)NC2CCCC2)no1. The number of aromatic nitrogens is 1. The molecule has 1 atom stereocenters. The summed E-state index contributed by atoms with van der Waals surface area (Å²) in [5, 5.41) is 12.2. The van der Waals surface area contributed by atoms with Crippen molar-refractivity contribution in [2.45, 2.75) is 51.1 Å². The van der Waals surface area contributed by atoms with E-state index in [1.165, 1.54) is 0 Å². The minimum absolute atomic E-state index is 0.189. The number of nitrogens with one attached hydrogen (secondary N) is 3. The second-order valence-corrected chi connectivity index (χ2v) is 6.65. The number of anilines is 1. The van der Waals surface area contributed by atoms with Crippen LogP contribution in [0.4, 0.5) is 10.6 Å². The lowest BCUT2D eigenvalue weighted by atomic mass is 10.1. The van der Waals surface area contributed by atoms with Crippen molar-refractivity contribution in [3.05, 3.63) is 47.7 Å². The maximum atomic E-state index is 12.7. The van der Waals surface area contributed by atoms with Crippen LogP contribution in [0.1, 0.15) is 37.0 Å². The van der Waals surface area contributed by atoms with Crippen molar-refractivity contribution in [1.29, 1.82) is 0 Å². The molecule has 0 bridgehead atoms. The third kappa shape index (κ3) is 5.08. The Morgan fingerprint density at radius 3 is 2.62 bits per heavy atom. The van der Waals surface area contributed by atoms with Gasteiger partial charge in [-0.1, -0.05) is 48.3 Å². The molecule has 2 aromatic rings. The van der Waals surface area contributed by atoms with Gasteiger partial charge in [0, 0.05) is 18.5 Å². The highest BCUT2D eigenvalue weighted by atomic mass is 16.5. The second-order valence-electron chi connectivity index (χ2n) is 6.65. The van der Waals surface area contributed by atoms with E-state index in [0.717, 1.165) is 31.2 Å². The second kappa shape index (κ2) is 8.51. The van der Waals surface area contributed by atoms with Gasteiger partial charge in [0.1, 0.15) is 11.8 Å². The molecule has 1 aliphatic carbocycles. The molecular formula is C19H24N4O3. The molecule has 138 valence electrons. The summed E-state index contributed by atoms with van der Waals surface area (Å²) >= 11 is 0. The summed E-state index contributed by atoms with van der Waals surface area (Å²) in [6, 6.07) is 10.4. The number of hydrogen-bond acceptors (Lipinski definition) is 4. The Morgan fingerprint density at radius 2 is 1.96 bits per heavy atom. The summed E-state index contributed by atoms with van der Waals surface area (Å²) in [6.07, 6.45) is 4.62. The Balaban J connectivity index is 1.65. The molecule has 7 nitrogen and oxygen atoms in total. The van der Waals surface area contributed by atoms with E-state index in [4.69, 9.17) is 4.52 Å². The highest BCUT2D eigenvalue weighted by Crippen LogP contribution is 2.17. The van der Waals surface area contributed by atoms with Crippen LogP contribution in [0.2, 0.25) is 0 Å². The van der Waals surface area contributed by atoms with Gasteiger partial charge in [-0.05, 0) is 25.3 Å². The minimum atomic E-state index is -0.712. The van der Waals surface area contributed by atoms with Gasteiger partial charge in [0.25, 0.3) is 0 Å². The van der Waals surface area contributed by atoms with Gasteiger partial charge in [-0.25, -0.2) is 4.79 Å². The molecule has 0 aliphatic heterocycles. The molecule has 7 heteroatoms. The molecule has 0 saturated heterocycles. The number of benzene rings is 1. The average molecular weight is 356 g/mol. The van der Waals surface area contributed by atoms with E-state index in [0.29, 0.717) is 18.0 Å². The van der Waals surface area contributed by atoms with Gasteiger partial charge >= 0.3 is 6.03 Å². The van der Waals surface area contributed by atoms with Gasteiger partial charge in [0.05, 0.1) is 0 Å². The summed E-state index contributed by atoms with van der Waals surface area (Å²) in [4.78, 5) is 25.0. The molecule has 26 heavy (non-hydrogen) atoms. The van der Waals surface area contributed by atoms with Gasteiger partial charge in [0.2, 0.25) is 5.91 Å². The quantitative estimate of drug-likeness (QED) is 0.741. The maximum absolute atomic E-state index is 12.7. The molecule has 1 heterocycles. The monoisotopic (exact) mass is 356 g/mol. The number of aryl methyl sites for hydroxylation is 1. The van der Waals surface area contributed by atoms with Gasteiger partial charge in [-0.15, -0.1) is 0 Å². The zero-order valence-electron chi connectivity index (χ0n) is 14.8. The van der Waals surface area contributed by atoms with E-state index in [1.54, 1.807) is 13.0 Å². The predicted octanol–water partition coefficient (Wildman–Crippen LogP) is 2.77. The molecular weight excluding hydrogens is 332 g/mol. The Bertz CT molecular complexity index is 738. The molecule has 1 aliphatic rings. The van der Waals surface area contributed by atoms with E-state index in [9.17, 15) is 9.59 Å². The summed E-state index contributed by atoms with van der Waals surface area (Å²) in [6.45, 7) is 1.75. The van der Waals surface area contributed by atoms with Gasteiger partial charge < -0.3 is 20.5 Å². The molecule has 1 aromatic carbocycles. The van der Waals surface area contributed by atoms with Crippen molar-refractivity contribution >= 4 is 17.8 Å². The molecule has 1 saturated carbocycles. The van der Waals surface area contributed by atoms with Crippen LogP contribution in [0, 0.1) is 6.92 Å². The molecule has 1 unspecified atom stereocenters. The Labute approximate surface area is 152 Å². The third-order valence-corrected chi connectivity index (χ3v) is 4.47. The van der Waals surface area contributed by atoms with E-state index in [2.05, 4.69) is 21.1 Å². The summed E-state index contributed by atoms with van der Waals surface area (Å²) in [7, 11) is 0. The number of amides is 3. The number of rotatable bonds is 6. The van der Waals surface area contributed by atoms with Crippen LogP contribution in [-0.4, -0.2) is 29.2 Å². The molecule has 3 rings (SSSR count). The summed E-state index contributed by atoms with van der Waals surface area (Å²) < 4.78 is 4.97. The first-order valence-electron chi connectivity index (χ1n) is 8.95. The largest absolute Gasteiger partial charge is 0.360 e. The minimum Gasteiger partial charge on any atom is -0.360 e. The molecule has 1 aromatic heterocycles. The lowest BCUT2D eigenvalue weighted by Gasteiger charge is -2.20. The number of hydrogen-bond donors (Lipinski definition) is 3. The molecule has 3 amide bonds. The van der Waals surface area contributed by atoms with Gasteiger partial charge in [-0.3, -0.25) is 4.79 Å². The molecule has 1 fully saturated rings. The Kier molecular flexibility index (Phi) is 5.88. The smallest absolute Gasteiger partial charge is 0.315 e. The lowest BCUT2D eigenvalue weighted by Crippen LogP contribution is -2.51. The number of carbonyl (C=O) groups is 2. The van der Waals surface area contributed by atoms with Crippen LogP contribution in [0.5, 0.6) is 0 Å². The van der Waals surface area contributed by atoms with E-state index in [-0.39, 0.29) is 18.0 Å². The maximum Gasteiger partial charge on any atom is 0.315 e. The highest BCUT2D eigenvalue weighted by molar-refractivity contribution is 5.96. The first kappa shape index (κ1) is 18.0. The Hall–Kier alpha value is -2.83. The van der Waals surface area contributed by atoms with Crippen molar-refractivity contribution in [2.24, 2.45) is 0 Å². The van der Waals surface area contributed by atoms with E-state index < -0.39 is 6.04 Å². The van der Waals surface area contributed by atoms with Crippen LogP contribution in [0.25, 0.3) is 0 Å². The van der Waals surface area contributed by atoms with Crippen molar-refractivity contribution < 1.29 is 14.1 Å². The third-order valence-electron chi connectivity index (χ3n) is 4.47. The van der Waals surface area contributed by atoms with Gasteiger partial charge in [0.15, 0.2) is 5.82 Å². The van der Waals surface area contributed by atoms with Gasteiger partial charge in [-0.2, -0.15) is 0 Å². The Morgan fingerprint density at radius 1 is 1.23 bits per heavy atom. The normalized spacial score (nSPS) is 15.4. The van der Waals surface area contributed by atoms with Crippen molar-refractivity contribution in [1.82, 2.24) is 15.8 Å². The van der Waals surface area contributed by atoms with Crippen LogP contribution in [0.3, 0.4) is 0 Å². The van der Waals surface area contributed by atoms with Crippen LogP contribution in [0.15, 0.2) is 40.9 Å². The average Bonchev–Trinajstić information content (AvgIpc) is 3.27.